The van der Waals surface area contributed by atoms with E-state index in [-0.39, 0.29) is 4.47 Å². The van der Waals surface area contributed by atoms with Crippen LogP contribution in [-0.4, -0.2) is 6.10 Å². The molecule has 0 amide bonds. The molecule has 2 nitrogen and oxygen atoms in total. The number of hydrogen-bond acceptors (Lipinski definition) is 2. The average Bonchev–Trinajstić information content (AvgIpc) is 3.29. The van der Waals surface area contributed by atoms with Crippen LogP contribution in [0.25, 0.3) is 0 Å². The topological polar surface area (TPSA) is 35.2 Å². The Morgan fingerprint density at radius 3 is 2.67 bits per heavy atom. The normalized spacial score (nSPS) is 15.8. The van der Waals surface area contributed by atoms with Crippen molar-refractivity contribution in [2.24, 2.45) is 5.73 Å². The molecule has 2 aromatic rings. The van der Waals surface area contributed by atoms with Gasteiger partial charge in [-0.3, -0.25) is 0 Å². The van der Waals surface area contributed by atoms with Crippen LogP contribution in [0.3, 0.4) is 0 Å². The van der Waals surface area contributed by atoms with Gasteiger partial charge in [-0.25, -0.2) is 8.78 Å². The summed E-state index contributed by atoms with van der Waals surface area (Å²) in [7, 11) is 0. The summed E-state index contributed by atoms with van der Waals surface area (Å²) in [5.41, 5.74) is 7.47. The molecule has 0 aromatic heterocycles. The Morgan fingerprint density at radius 2 is 1.95 bits per heavy atom. The fourth-order valence-corrected chi connectivity index (χ4v) is 2.69. The van der Waals surface area contributed by atoms with Crippen LogP contribution in [0.2, 0.25) is 0 Å². The first kappa shape index (κ1) is 14.5. The zero-order valence-corrected chi connectivity index (χ0v) is 12.7. The lowest BCUT2D eigenvalue weighted by atomic mass is 9.99. The van der Waals surface area contributed by atoms with Crippen molar-refractivity contribution in [2.75, 3.05) is 0 Å². The van der Waals surface area contributed by atoms with E-state index in [0.717, 1.165) is 30.2 Å². The third-order valence-electron chi connectivity index (χ3n) is 3.44. The maximum atomic E-state index is 13.6. The first-order valence-corrected chi connectivity index (χ1v) is 7.51. The van der Waals surface area contributed by atoms with Crippen molar-refractivity contribution in [2.45, 2.75) is 25.0 Å². The Labute approximate surface area is 130 Å². The van der Waals surface area contributed by atoms with E-state index in [2.05, 4.69) is 15.9 Å². The molecule has 3 rings (SSSR count). The summed E-state index contributed by atoms with van der Waals surface area (Å²) in [5.74, 6) is -1.07. The monoisotopic (exact) mass is 353 g/mol. The van der Waals surface area contributed by atoms with Crippen LogP contribution in [0.4, 0.5) is 8.78 Å². The predicted octanol–water partition coefficient (Wildman–Crippen LogP) is 4.32. The summed E-state index contributed by atoms with van der Waals surface area (Å²) in [5, 5.41) is 0. The van der Waals surface area contributed by atoms with Crippen molar-refractivity contribution in [3.8, 4) is 5.75 Å². The molecule has 2 N–H and O–H groups in total. The van der Waals surface area contributed by atoms with E-state index < -0.39 is 17.7 Å². The predicted molar refractivity (Wildman–Crippen MR) is 80.2 cm³/mol. The second-order valence-corrected chi connectivity index (χ2v) is 5.92. The summed E-state index contributed by atoms with van der Waals surface area (Å²) < 4.78 is 32.6. The van der Waals surface area contributed by atoms with Crippen LogP contribution in [-0.2, 0) is 0 Å². The molecule has 0 aliphatic heterocycles. The Morgan fingerprint density at radius 1 is 1.19 bits per heavy atom. The van der Waals surface area contributed by atoms with E-state index in [4.69, 9.17) is 10.5 Å². The number of halogens is 3. The van der Waals surface area contributed by atoms with Gasteiger partial charge in [0, 0.05) is 0 Å². The Kier molecular flexibility index (Phi) is 3.95. The Balaban J connectivity index is 1.90. The molecule has 0 saturated heterocycles. The molecule has 0 heterocycles. The summed E-state index contributed by atoms with van der Waals surface area (Å²) in [6.45, 7) is 0. The SMILES string of the molecule is NC(c1cccc(OC2CC2)c1)c1ccc(F)c(F)c1Br. The minimum atomic E-state index is -0.923. The molecule has 2 aromatic carbocycles. The first-order chi connectivity index (χ1) is 10.1. The van der Waals surface area contributed by atoms with Crippen LogP contribution in [0.15, 0.2) is 40.9 Å². The van der Waals surface area contributed by atoms with Crippen molar-refractivity contribution >= 4 is 15.9 Å². The first-order valence-electron chi connectivity index (χ1n) is 6.72. The highest BCUT2D eigenvalue weighted by Gasteiger charge is 2.24. The highest BCUT2D eigenvalue weighted by molar-refractivity contribution is 9.10. The summed E-state index contributed by atoms with van der Waals surface area (Å²) in [4.78, 5) is 0. The van der Waals surface area contributed by atoms with E-state index in [0.29, 0.717) is 11.7 Å². The molecule has 110 valence electrons. The summed E-state index contributed by atoms with van der Waals surface area (Å²) in [6.07, 6.45) is 2.45. The molecule has 5 heteroatoms. The van der Waals surface area contributed by atoms with E-state index >= 15 is 0 Å². The molecule has 1 unspecified atom stereocenters. The van der Waals surface area contributed by atoms with Crippen molar-refractivity contribution in [1.29, 1.82) is 0 Å². The molecule has 1 fully saturated rings. The molecule has 0 radical (unpaired) electrons. The van der Waals surface area contributed by atoms with Gasteiger partial charge in [0.1, 0.15) is 5.75 Å². The van der Waals surface area contributed by atoms with Gasteiger partial charge >= 0.3 is 0 Å². The third kappa shape index (κ3) is 3.09. The highest BCUT2D eigenvalue weighted by Crippen LogP contribution is 2.32. The van der Waals surface area contributed by atoms with E-state index in [9.17, 15) is 8.78 Å². The smallest absolute Gasteiger partial charge is 0.173 e. The number of ether oxygens (including phenoxy) is 1. The highest BCUT2D eigenvalue weighted by atomic mass is 79.9. The van der Waals surface area contributed by atoms with E-state index in [1.54, 1.807) is 0 Å². The lowest BCUT2D eigenvalue weighted by Gasteiger charge is -2.16. The maximum absolute atomic E-state index is 13.6. The van der Waals surface area contributed by atoms with Crippen molar-refractivity contribution in [3.63, 3.8) is 0 Å². The number of benzene rings is 2. The average molecular weight is 354 g/mol. The third-order valence-corrected chi connectivity index (χ3v) is 4.25. The maximum Gasteiger partial charge on any atom is 0.173 e. The van der Waals surface area contributed by atoms with Crippen LogP contribution >= 0.6 is 15.9 Å². The summed E-state index contributed by atoms with van der Waals surface area (Å²) in [6, 6.07) is 9.42. The van der Waals surface area contributed by atoms with Gasteiger partial charge in [0.25, 0.3) is 0 Å². The molecule has 1 saturated carbocycles. The molecular weight excluding hydrogens is 340 g/mol. The lowest BCUT2D eigenvalue weighted by Crippen LogP contribution is -2.13. The van der Waals surface area contributed by atoms with Crippen molar-refractivity contribution in [1.82, 2.24) is 0 Å². The molecule has 1 aliphatic carbocycles. The van der Waals surface area contributed by atoms with Crippen LogP contribution in [0.1, 0.15) is 30.0 Å². The zero-order chi connectivity index (χ0) is 15.0. The molecule has 1 atom stereocenters. The van der Waals surface area contributed by atoms with Gasteiger partial charge in [0.15, 0.2) is 11.6 Å². The van der Waals surface area contributed by atoms with Crippen molar-refractivity contribution in [3.05, 3.63) is 63.6 Å². The van der Waals surface area contributed by atoms with Gasteiger partial charge in [-0.2, -0.15) is 0 Å². The van der Waals surface area contributed by atoms with E-state index in [1.165, 1.54) is 6.07 Å². The van der Waals surface area contributed by atoms with Crippen LogP contribution < -0.4 is 10.5 Å². The molecule has 1 aliphatic rings. The fraction of sp³-hybridized carbons (Fsp3) is 0.250. The van der Waals surface area contributed by atoms with Crippen LogP contribution in [0, 0.1) is 11.6 Å². The standard InChI is InChI=1S/C16H14BrF2NO/c17-14-12(6-7-13(18)15(14)19)16(20)9-2-1-3-11(8-9)21-10-4-5-10/h1-3,6-8,10,16H,4-5,20H2. The van der Waals surface area contributed by atoms with Gasteiger partial charge in [0.2, 0.25) is 0 Å². The Hall–Kier alpha value is -1.46. The second-order valence-electron chi connectivity index (χ2n) is 5.13. The number of nitrogens with two attached hydrogens (primary N) is 1. The van der Waals surface area contributed by atoms with Gasteiger partial charge in [-0.15, -0.1) is 0 Å². The Bertz CT molecular complexity index is 673. The van der Waals surface area contributed by atoms with Crippen molar-refractivity contribution < 1.29 is 13.5 Å². The number of rotatable bonds is 4. The number of hydrogen-bond donors (Lipinski definition) is 1. The molecular formula is C16H14BrF2NO. The van der Waals surface area contributed by atoms with Gasteiger partial charge < -0.3 is 10.5 Å². The lowest BCUT2D eigenvalue weighted by molar-refractivity contribution is 0.303. The second kappa shape index (κ2) is 5.73. The molecule has 0 bridgehead atoms. The van der Waals surface area contributed by atoms with Crippen LogP contribution in [0.5, 0.6) is 5.75 Å². The quantitative estimate of drug-likeness (QED) is 0.831. The fourth-order valence-electron chi connectivity index (χ4n) is 2.12. The molecule has 21 heavy (non-hydrogen) atoms. The summed E-state index contributed by atoms with van der Waals surface area (Å²) >= 11 is 3.07. The zero-order valence-electron chi connectivity index (χ0n) is 11.2. The van der Waals surface area contributed by atoms with Gasteiger partial charge in [-0.1, -0.05) is 18.2 Å². The van der Waals surface area contributed by atoms with E-state index in [1.807, 2.05) is 24.3 Å². The minimum absolute atomic E-state index is 0.0588. The van der Waals surface area contributed by atoms with Gasteiger partial charge in [-0.05, 0) is 58.1 Å². The molecule has 0 spiro atoms. The largest absolute Gasteiger partial charge is 0.490 e. The minimum Gasteiger partial charge on any atom is -0.490 e. The van der Waals surface area contributed by atoms with Gasteiger partial charge in [0.05, 0.1) is 16.6 Å².